The lowest BCUT2D eigenvalue weighted by Crippen LogP contribution is -2.29. The number of nitrogens with one attached hydrogen (secondary N) is 1. The third-order valence-electron chi connectivity index (χ3n) is 2.38. The number of aromatic hydroxyl groups is 1. The molecule has 1 aromatic heterocycles. The summed E-state index contributed by atoms with van der Waals surface area (Å²) in [6.07, 6.45) is 0. The van der Waals surface area contributed by atoms with E-state index in [0.29, 0.717) is 11.4 Å². The molecular weight excluding hydrogens is 266 g/mol. The van der Waals surface area contributed by atoms with E-state index in [1.165, 1.54) is 12.1 Å². The van der Waals surface area contributed by atoms with Crippen molar-refractivity contribution in [1.29, 1.82) is 0 Å². The highest BCUT2D eigenvalue weighted by molar-refractivity contribution is 7.80. The van der Waals surface area contributed by atoms with Crippen molar-refractivity contribution < 1.29 is 5.11 Å². The van der Waals surface area contributed by atoms with Crippen LogP contribution in [0.3, 0.4) is 0 Å². The average molecular weight is 277 g/mol. The molecule has 0 aliphatic heterocycles. The molecule has 0 bridgehead atoms. The minimum Gasteiger partial charge on any atom is -0.508 e. The number of rotatable bonds is 2. The van der Waals surface area contributed by atoms with Gasteiger partial charge in [0.15, 0.2) is 10.8 Å². The summed E-state index contributed by atoms with van der Waals surface area (Å²) in [7, 11) is 0. The molecule has 0 fully saturated rings. The number of benzene rings is 1. The molecular formula is C11H11N5O2S. The zero-order chi connectivity index (χ0) is 14.0. The Morgan fingerprint density at radius 3 is 2.53 bits per heavy atom. The molecule has 98 valence electrons. The quantitative estimate of drug-likeness (QED) is 0.573. The van der Waals surface area contributed by atoms with Gasteiger partial charge in [-0.15, -0.1) is 5.11 Å². The van der Waals surface area contributed by atoms with Crippen LogP contribution in [0.15, 0.2) is 39.3 Å². The number of thiocarbonyl (C=S) groups is 1. The van der Waals surface area contributed by atoms with Gasteiger partial charge in [0.2, 0.25) is 0 Å². The summed E-state index contributed by atoms with van der Waals surface area (Å²) in [5.74, 6) is 0.132. The molecule has 0 aliphatic carbocycles. The number of phenols is 1. The van der Waals surface area contributed by atoms with Crippen molar-refractivity contribution in [2.24, 2.45) is 16.0 Å². The van der Waals surface area contributed by atoms with Gasteiger partial charge in [-0.25, -0.2) is 0 Å². The number of H-pyrrole nitrogens is 1. The van der Waals surface area contributed by atoms with E-state index in [0.717, 1.165) is 4.68 Å². The number of hydrogen-bond acceptors (Lipinski definition) is 5. The molecule has 2 aromatic rings. The Labute approximate surface area is 113 Å². The predicted octanol–water partition coefficient (Wildman–Crippen LogP) is 1.70. The highest BCUT2D eigenvalue weighted by Crippen LogP contribution is 2.20. The summed E-state index contributed by atoms with van der Waals surface area (Å²) in [5.41, 5.74) is 6.10. The molecule has 0 unspecified atom stereocenters. The molecule has 0 saturated heterocycles. The summed E-state index contributed by atoms with van der Waals surface area (Å²) < 4.78 is 1.02. The van der Waals surface area contributed by atoms with Crippen LogP contribution >= 0.6 is 12.2 Å². The fraction of sp³-hybridized carbons (Fsp3) is 0.0909. The number of aromatic nitrogens is 2. The van der Waals surface area contributed by atoms with E-state index >= 15 is 0 Å². The zero-order valence-corrected chi connectivity index (χ0v) is 10.8. The Hall–Kier alpha value is -2.48. The molecule has 0 aliphatic rings. The van der Waals surface area contributed by atoms with Gasteiger partial charge in [0.05, 0.1) is 11.4 Å². The normalized spacial score (nSPS) is 11.0. The number of hydrogen-bond donors (Lipinski definition) is 3. The maximum absolute atomic E-state index is 11.9. The first kappa shape index (κ1) is 13.0. The third kappa shape index (κ3) is 2.68. The number of phenolic OH excluding ortho intramolecular Hbond substituents is 1. The van der Waals surface area contributed by atoms with Gasteiger partial charge in [0.1, 0.15) is 5.75 Å². The van der Waals surface area contributed by atoms with Gasteiger partial charge in [-0.05, 0) is 43.4 Å². The van der Waals surface area contributed by atoms with E-state index in [1.54, 1.807) is 19.1 Å². The molecule has 0 spiro atoms. The summed E-state index contributed by atoms with van der Waals surface area (Å²) >= 11 is 4.72. The van der Waals surface area contributed by atoms with Gasteiger partial charge < -0.3 is 10.8 Å². The minimum absolute atomic E-state index is 0.0841. The van der Waals surface area contributed by atoms with Crippen LogP contribution in [0.5, 0.6) is 5.75 Å². The van der Waals surface area contributed by atoms with Crippen LogP contribution in [0, 0.1) is 6.92 Å². The predicted molar refractivity (Wildman–Crippen MR) is 74.3 cm³/mol. The van der Waals surface area contributed by atoms with E-state index in [2.05, 4.69) is 15.3 Å². The van der Waals surface area contributed by atoms with E-state index in [-0.39, 0.29) is 16.5 Å². The molecule has 0 radical (unpaired) electrons. The first-order valence-electron chi connectivity index (χ1n) is 5.31. The zero-order valence-electron chi connectivity index (χ0n) is 9.99. The second-order valence-corrected chi connectivity index (χ2v) is 4.20. The van der Waals surface area contributed by atoms with Gasteiger partial charge in [0, 0.05) is 0 Å². The van der Waals surface area contributed by atoms with Crippen molar-refractivity contribution in [2.75, 3.05) is 0 Å². The van der Waals surface area contributed by atoms with Crippen LogP contribution in [0.2, 0.25) is 0 Å². The van der Waals surface area contributed by atoms with Crippen LogP contribution in [0.25, 0.3) is 0 Å². The molecule has 0 amide bonds. The largest absolute Gasteiger partial charge is 0.508 e. The Morgan fingerprint density at radius 1 is 1.37 bits per heavy atom. The monoisotopic (exact) mass is 277 g/mol. The Bertz CT molecular complexity index is 699. The summed E-state index contributed by atoms with van der Waals surface area (Å²) in [5, 5.41) is 19.5. The Balaban J connectivity index is 2.36. The van der Waals surface area contributed by atoms with E-state index in [4.69, 9.17) is 23.1 Å². The van der Waals surface area contributed by atoms with Crippen LogP contribution < -0.4 is 11.3 Å². The standard InChI is InChI=1S/C11H11N5O2S/c1-6-9(10(18)16(15-6)11(12)19)14-13-7-2-4-8(17)5-3-7/h2-5,15,17H,1H3,(H2,12,19). The highest BCUT2D eigenvalue weighted by Gasteiger charge is 2.11. The van der Waals surface area contributed by atoms with Gasteiger partial charge in [0.25, 0.3) is 0 Å². The lowest BCUT2D eigenvalue weighted by molar-refractivity contribution is 0.475. The number of nitrogens with zero attached hydrogens (tertiary/aromatic N) is 3. The number of azo groups is 1. The third-order valence-corrected chi connectivity index (χ3v) is 2.56. The highest BCUT2D eigenvalue weighted by atomic mass is 32.1. The molecule has 1 aromatic carbocycles. The van der Waals surface area contributed by atoms with Crippen molar-refractivity contribution in [1.82, 2.24) is 9.78 Å². The van der Waals surface area contributed by atoms with E-state index < -0.39 is 5.56 Å². The SMILES string of the molecule is Cc1[nH]n(C(N)=S)c(=O)c1N=Nc1ccc(O)cc1. The van der Waals surface area contributed by atoms with Crippen LogP contribution in [0.1, 0.15) is 5.69 Å². The van der Waals surface area contributed by atoms with Gasteiger partial charge in [-0.2, -0.15) is 9.80 Å². The minimum atomic E-state index is -0.451. The maximum Gasteiger partial charge on any atom is 0.301 e. The van der Waals surface area contributed by atoms with E-state index in [9.17, 15) is 4.79 Å². The van der Waals surface area contributed by atoms with E-state index in [1.807, 2.05) is 0 Å². The first-order chi connectivity index (χ1) is 8.99. The number of aryl methyl sites for hydroxylation is 1. The van der Waals surface area contributed by atoms with Crippen LogP contribution in [0.4, 0.5) is 11.4 Å². The van der Waals surface area contributed by atoms with Crippen LogP contribution in [-0.4, -0.2) is 20.0 Å². The molecule has 19 heavy (non-hydrogen) atoms. The number of aromatic amines is 1. The van der Waals surface area contributed by atoms with Gasteiger partial charge in [-0.3, -0.25) is 9.89 Å². The van der Waals surface area contributed by atoms with Crippen molar-refractivity contribution in [3.63, 3.8) is 0 Å². The molecule has 2 rings (SSSR count). The lowest BCUT2D eigenvalue weighted by Gasteiger charge is -1.93. The molecule has 4 N–H and O–H groups in total. The topological polar surface area (TPSA) is 109 Å². The lowest BCUT2D eigenvalue weighted by atomic mass is 10.3. The van der Waals surface area contributed by atoms with Gasteiger partial charge >= 0.3 is 5.56 Å². The molecule has 0 saturated carbocycles. The smallest absolute Gasteiger partial charge is 0.301 e. The van der Waals surface area contributed by atoms with Crippen molar-refractivity contribution in [2.45, 2.75) is 6.92 Å². The fourth-order valence-electron chi connectivity index (χ4n) is 1.44. The summed E-state index contributed by atoms with van der Waals surface area (Å²) in [6, 6.07) is 6.11. The van der Waals surface area contributed by atoms with Gasteiger partial charge in [-0.1, -0.05) is 0 Å². The molecule has 7 nitrogen and oxygen atoms in total. The second-order valence-electron chi connectivity index (χ2n) is 3.78. The fourth-order valence-corrected chi connectivity index (χ4v) is 1.57. The average Bonchev–Trinajstić information content (AvgIpc) is 2.65. The molecule has 8 heteroatoms. The molecule has 0 atom stereocenters. The van der Waals surface area contributed by atoms with Crippen LogP contribution in [-0.2, 0) is 0 Å². The van der Waals surface area contributed by atoms with Crippen molar-refractivity contribution >= 4 is 28.7 Å². The maximum atomic E-state index is 11.9. The molecule has 1 heterocycles. The Kier molecular flexibility index (Phi) is 3.43. The Morgan fingerprint density at radius 2 is 2.00 bits per heavy atom. The number of nitrogens with two attached hydrogens (primary N) is 1. The second kappa shape index (κ2) is 5.02. The van der Waals surface area contributed by atoms with Crippen molar-refractivity contribution in [3.8, 4) is 5.75 Å². The summed E-state index contributed by atoms with van der Waals surface area (Å²) in [6.45, 7) is 1.67. The first-order valence-corrected chi connectivity index (χ1v) is 5.72. The summed E-state index contributed by atoms with van der Waals surface area (Å²) in [4.78, 5) is 11.9. The van der Waals surface area contributed by atoms with Crippen molar-refractivity contribution in [3.05, 3.63) is 40.3 Å².